The van der Waals surface area contributed by atoms with Gasteiger partial charge in [-0.25, -0.2) is 0 Å². The Morgan fingerprint density at radius 2 is 1.82 bits per heavy atom. The average Bonchev–Trinajstić information content (AvgIpc) is 3.20. The molecule has 0 bridgehead atoms. The highest BCUT2D eigenvalue weighted by Crippen LogP contribution is 2.33. The molecule has 1 aromatic carbocycles. The minimum atomic E-state index is -0.470. The molecule has 0 radical (unpaired) electrons. The minimum Gasteiger partial charge on any atom is -0.493 e. The summed E-state index contributed by atoms with van der Waals surface area (Å²) in [5, 5.41) is 8.75. The van der Waals surface area contributed by atoms with E-state index in [2.05, 4.69) is 16.0 Å². The summed E-state index contributed by atoms with van der Waals surface area (Å²) in [6, 6.07) is 6.33. The number of hydrogen-bond acceptors (Lipinski definition) is 6. The summed E-state index contributed by atoms with van der Waals surface area (Å²) in [4.78, 5) is 25.0. The number of halogens is 1. The summed E-state index contributed by atoms with van der Waals surface area (Å²) in [6.45, 7) is 5.21. The Labute approximate surface area is 170 Å². The van der Waals surface area contributed by atoms with E-state index in [0.717, 1.165) is 6.54 Å². The summed E-state index contributed by atoms with van der Waals surface area (Å²) in [6.07, 6.45) is 1.40. The maximum Gasteiger partial charge on any atom is 0.291 e. The summed E-state index contributed by atoms with van der Waals surface area (Å²) >= 11 is 0. The van der Waals surface area contributed by atoms with E-state index < -0.39 is 5.91 Å². The van der Waals surface area contributed by atoms with Crippen LogP contribution in [-0.2, 0) is 0 Å². The molecule has 1 atom stereocenters. The van der Waals surface area contributed by atoms with E-state index in [9.17, 15) is 9.59 Å². The van der Waals surface area contributed by atoms with Gasteiger partial charge in [-0.05, 0) is 31.7 Å². The Kier molecular flexibility index (Phi) is 9.34. The van der Waals surface area contributed by atoms with Crippen molar-refractivity contribution in [2.24, 2.45) is 0 Å². The first kappa shape index (κ1) is 23.3. The number of carbonyl (C=O) groups is 2. The lowest BCUT2D eigenvalue weighted by Gasteiger charge is -2.17. The first-order valence-electron chi connectivity index (χ1n) is 8.62. The molecule has 154 valence electrons. The molecule has 9 heteroatoms. The molecule has 2 amide bonds. The van der Waals surface area contributed by atoms with Crippen molar-refractivity contribution < 1.29 is 23.5 Å². The van der Waals surface area contributed by atoms with Crippen LogP contribution in [0.15, 0.2) is 34.9 Å². The summed E-state index contributed by atoms with van der Waals surface area (Å²) < 4.78 is 15.6. The van der Waals surface area contributed by atoms with Crippen LogP contribution in [-0.4, -0.2) is 45.2 Å². The fourth-order valence-corrected chi connectivity index (χ4v) is 2.52. The van der Waals surface area contributed by atoms with Crippen LogP contribution in [0.25, 0.3) is 0 Å². The van der Waals surface area contributed by atoms with Crippen molar-refractivity contribution in [3.8, 4) is 11.5 Å². The number of nitrogens with one attached hydrogen (secondary N) is 3. The Morgan fingerprint density at radius 3 is 2.39 bits per heavy atom. The second-order valence-corrected chi connectivity index (χ2v) is 5.85. The molecule has 0 aliphatic carbocycles. The predicted molar refractivity (Wildman–Crippen MR) is 109 cm³/mol. The topological polar surface area (TPSA) is 102 Å². The van der Waals surface area contributed by atoms with Crippen LogP contribution in [0, 0.1) is 0 Å². The Balaban J connectivity index is 0.00000392. The number of amides is 2. The zero-order chi connectivity index (χ0) is 19.8. The number of rotatable bonds is 9. The van der Waals surface area contributed by atoms with Gasteiger partial charge < -0.3 is 29.8 Å². The number of likely N-dealkylation sites (N-methyl/N-ethyl adjacent to an activating group) is 1. The molecule has 1 heterocycles. The Bertz CT molecular complexity index is 780. The second-order valence-electron chi connectivity index (χ2n) is 5.85. The summed E-state index contributed by atoms with van der Waals surface area (Å²) in [7, 11) is 2.96. The molecule has 0 aliphatic heterocycles. The lowest BCUT2D eigenvalue weighted by molar-refractivity contribution is 0.0950. The summed E-state index contributed by atoms with van der Waals surface area (Å²) in [5.74, 6) is 0.109. The normalized spacial score (nSPS) is 11.1. The molecule has 1 aromatic heterocycles. The number of furan rings is 1. The Hall–Kier alpha value is -2.71. The third kappa shape index (κ3) is 5.90. The molecule has 0 aliphatic rings. The highest BCUT2D eigenvalue weighted by Gasteiger charge is 2.20. The van der Waals surface area contributed by atoms with E-state index in [0.29, 0.717) is 23.7 Å². The molecular formula is C19H26ClN3O5. The van der Waals surface area contributed by atoms with Gasteiger partial charge >= 0.3 is 0 Å². The fourth-order valence-electron chi connectivity index (χ4n) is 2.52. The van der Waals surface area contributed by atoms with Crippen molar-refractivity contribution in [3.05, 3.63) is 41.9 Å². The Morgan fingerprint density at radius 1 is 1.14 bits per heavy atom. The molecule has 2 rings (SSSR count). The third-order valence-corrected chi connectivity index (χ3v) is 3.88. The quantitative estimate of drug-likeness (QED) is 0.586. The van der Waals surface area contributed by atoms with Crippen molar-refractivity contribution >= 4 is 29.9 Å². The maximum atomic E-state index is 12.7. The van der Waals surface area contributed by atoms with Gasteiger partial charge in [0.05, 0.1) is 31.7 Å². The maximum absolute atomic E-state index is 12.7. The van der Waals surface area contributed by atoms with Crippen LogP contribution in [0.2, 0.25) is 0 Å². The van der Waals surface area contributed by atoms with Crippen molar-refractivity contribution in [2.45, 2.75) is 19.9 Å². The van der Waals surface area contributed by atoms with Gasteiger partial charge in [-0.15, -0.1) is 12.4 Å². The average molecular weight is 412 g/mol. The minimum absolute atomic E-state index is 0. The first-order chi connectivity index (χ1) is 13.0. The molecular weight excluding hydrogens is 386 g/mol. The molecule has 0 spiro atoms. The van der Waals surface area contributed by atoms with Gasteiger partial charge in [0.2, 0.25) is 0 Å². The van der Waals surface area contributed by atoms with E-state index in [4.69, 9.17) is 13.9 Å². The lowest BCUT2D eigenvalue weighted by Crippen LogP contribution is -2.39. The van der Waals surface area contributed by atoms with Crippen LogP contribution in [0.1, 0.15) is 34.8 Å². The van der Waals surface area contributed by atoms with Crippen LogP contribution in [0.3, 0.4) is 0 Å². The van der Waals surface area contributed by atoms with Crippen LogP contribution in [0.4, 0.5) is 5.69 Å². The van der Waals surface area contributed by atoms with Gasteiger partial charge in [-0.1, -0.05) is 6.92 Å². The van der Waals surface area contributed by atoms with Crippen molar-refractivity contribution in [1.29, 1.82) is 0 Å². The van der Waals surface area contributed by atoms with Crippen molar-refractivity contribution in [2.75, 3.05) is 32.6 Å². The number of anilines is 1. The zero-order valence-corrected chi connectivity index (χ0v) is 17.1. The second kappa shape index (κ2) is 11.2. The number of benzene rings is 1. The van der Waals surface area contributed by atoms with Crippen molar-refractivity contribution in [1.82, 2.24) is 10.6 Å². The highest BCUT2D eigenvalue weighted by molar-refractivity contribution is 6.08. The highest BCUT2D eigenvalue weighted by atomic mass is 35.5. The number of hydrogen-bond donors (Lipinski definition) is 3. The van der Waals surface area contributed by atoms with Gasteiger partial charge in [-0.3, -0.25) is 9.59 Å². The zero-order valence-electron chi connectivity index (χ0n) is 16.3. The van der Waals surface area contributed by atoms with Crippen LogP contribution < -0.4 is 25.4 Å². The fraction of sp³-hybridized carbons (Fsp3) is 0.368. The van der Waals surface area contributed by atoms with Crippen molar-refractivity contribution in [3.63, 3.8) is 0 Å². The van der Waals surface area contributed by atoms with Gasteiger partial charge in [-0.2, -0.15) is 0 Å². The standard InChI is InChI=1S/C19H25N3O5.ClH/c1-5-20-12(2)11-21-18(23)13-9-16(25-3)17(26-4)10-14(13)22-19(24)15-7-6-8-27-15;/h6-10,12,20H,5,11H2,1-4H3,(H,21,23)(H,22,24);1H/t12-;/m1./s1. The van der Waals surface area contributed by atoms with Crippen LogP contribution >= 0.6 is 12.4 Å². The van der Waals surface area contributed by atoms with Gasteiger partial charge in [0.1, 0.15) is 0 Å². The van der Waals surface area contributed by atoms with Gasteiger partial charge in [0.25, 0.3) is 11.8 Å². The van der Waals surface area contributed by atoms with E-state index in [1.165, 1.54) is 32.6 Å². The molecule has 8 nitrogen and oxygen atoms in total. The molecule has 3 N–H and O–H groups in total. The van der Waals surface area contributed by atoms with Gasteiger partial charge in [0, 0.05) is 18.7 Å². The molecule has 0 saturated carbocycles. The number of methoxy groups -OCH3 is 2. The molecule has 28 heavy (non-hydrogen) atoms. The van der Waals surface area contributed by atoms with Gasteiger partial charge in [0.15, 0.2) is 17.3 Å². The largest absolute Gasteiger partial charge is 0.493 e. The SMILES string of the molecule is CCN[C@H](C)CNC(=O)c1cc(OC)c(OC)cc1NC(=O)c1ccco1.Cl. The monoisotopic (exact) mass is 411 g/mol. The summed E-state index contributed by atoms with van der Waals surface area (Å²) in [5.41, 5.74) is 0.555. The molecule has 2 aromatic rings. The molecule has 0 unspecified atom stereocenters. The van der Waals surface area contributed by atoms with E-state index in [-0.39, 0.29) is 35.7 Å². The smallest absolute Gasteiger partial charge is 0.291 e. The predicted octanol–water partition coefficient (Wildman–Crippen LogP) is 2.70. The van der Waals surface area contributed by atoms with E-state index in [1.54, 1.807) is 12.1 Å². The van der Waals surface area contributed by atoms with E-state index in [1.807, 2.05) is 13.8 Å². The first-order valence-corrected chi connectivity index (χ1v) is 8.62. The van der Waals surface area contributed by atoms with E-state index >= 15 is 0 Å². The molecule has 0 saturated heterocycles. The third-order valence-electron chi connectivity index (χ3n) is 3.88. The molecule has 0 fully saturated rings. The lowest BCUT2D eigenvalue weighted by atomic mass is 10.1. The number of ether oxygens (including phenoxy) is 2. The number of carbonyl (C=O) groups excluding carboxylic acids is 2. The van der Waals surface area contributed by atoms with Crippen LogP contribution in [0.5, 0.6) is 11.5 Å².